The lowest BCUT2D eigenvalue weighted by Crippen LogP contribution is -2.50. The van der Waals surface area contributed by atoms with Gasteiger partial charge in [-0.2, -0.15) is 0 Å². The van der Waals surface area contributed by atoms with Gasteiger partial charge < -0.3 is 20.6 Å². The zero-order valence-electron chi connectivity index (χ0n) is 34.8. The fourth-order valence-corrected chi connectivity index (χ4v) is 7.58. The summed E-state index contributed by atoms with van der Waals surface area (Å²) in [6.45, 7) is 4.20. The Morgan fingerprint density at radius 3 is 0.941 bits per heavy atom. The molecule has 0 aliphatic rings. The van der Waals surface area contributed by atoms with Crippen molar-refractivity contribution in [2.24, 2.45) is 0 Å². The highest BCUT2D eigenvalue weighted by atomic mass is 16.3. The average Bonchev–Trinajstić information content (AvgIpc) is 3.13. The predicted octanol–water partition coefficient (Wildman–Crippen LogP) is 13.4. The molecule has 306 valence electrons. The lowest BCUT2D eigenvalue weighted by atomic mass is 9.99. The van der Waals surface area contributed by atoms with E-state index in [1.165, 1.54) is 205 Å². The van der Waals surface area contributed by atoms with Gasteiger partial charge in [0, 0.05) is 6.42 Å². The highest BCUT2D eigenvalue weighted by Crippen LogP contribution is 2.17. The smallest absolute Gasteiger partial charge is 0.220 e. The van der Waals surface area contributed by atoms with Crippen LogP contribution in [0.15, 0.2) is 0 Å². The van der Waals surface area contributed by atoms with Crippen molar-refractivity contribution in [1.29, 1.82) is 0 Å². The largest absolute Gasteiger partial charge is 0.394 e. The molecule has 1 amide bonds. The van der Waals surface area contributed by atoms with Gasteiger partial charge in [0.1, 0.15) is 6.10 Å². The lowest BCUT2D eigenvalue weighted by Gasteiger charge is -2.26. The molecular formula is C46H93NO4. The van der Waals surface area contributed by atoms with Crippen molar-refractivity contribution in [2.45, 2.75) is 283 Å². The monoisotopic (exact) mass is 724 g/mol. The second kappa shape index (κ2) is 42.1. The summed E-state index contributed by atoms with van der Waals surface area (Å²) in [4.78, 5) is 12.4. The molecule has 0 heterocycles. The molecule has 0 aromatic rings. The van der Waals surface area contributed by atoms with Crippen LogP contribution in [0.4, 0.5) is 0 Å². The molecule has 5 nitrogen and oxygen atoms in total. The van der Waals surface area contributed by atoms with E-state index in [1.807, 2.05) is 0 Å². The van der Waals surface area contributed by atoms with Gasteiger partial charge in [-0.15, -0.1) is 0 Å². The number of rotatable bonds is 43. The van der Waals surface area contributed by atoms with E-state index >= 15 is 0 Å². The molecule has 0 radical (unpaired) electrons. The molecule has 0 rings (SSSR count). The van der Waals surface area contributed by atoms with Crippen molar-refractivity contribution in [2.75, 3.05) is 6.61 Å². The zero-order chi connectivity index (χ0) is 37.3. The maximum atomic E-state index is 12.4. The molecule has 0 bridgehead atoms. The summed E-state index contributed by atoms with van der Waals surface area (Å²) in [5, 5.41) is 33.6. The molecular weight excluding hydrogens is 631 g/mol. The maximum absolute atomic E-state index is 12.4. The fraction of sp³-hybridized carbons (Fsp3) is 0.978. The van der Waals surface area contributed by atoms with Crippen LogP contribution in [0.2, 0.25) is 0 Å². The van der Waals surface area contributed by atoms with E-state index in [0.29, 0.717) is 12.8 Å². The highest BCUT2D eigenvalue weighted by Gasteiger charge is 2.26. The first-order chi connectivity index (χ1) is 25.1. The van der Waals surface area contributed by atoms with Crippen molar-refractivity contribution in [3.63, 3.8) is 0 Å². The van der Waals surface area contributed by atoms with E-state index in [2.05, 4.69) is 19.2 Å². The van der Waals surface area contributed by atoms with Crippen LogP contribution in [0.5, 0.6) is 0 Å². The fourth-order valence-electron chi connectivity index (χ4n) is 7.58. The minimum Gasteiger partial charge on any atom is -0.394 e. The Labute approximate surface area is 319 Å². The number of aliphatic hydroxyl groups excluding tert-OH is 3. The Balaban J connectivity index is 3.52. The third-order valence-electron chi connectivity index (χ3n) is 11.2. The summed E-state index contributed by atoms with van der Waals surface area (Å²) >= 11 is 0. The van der Waals surface area contributed by atoms with Gasteiger partial charge in [-0.05, 0) is 12.8 Å². The molecule has 4 N–H and O–H groups in total. The van der Waals surface area contributed by atoms with Crippen LogP contribution in [-0.4, -0.2) is 46.1 Å². The van der Waals surface area contributed by atoms with Crippen LogP contribution in [0, 0.1) is 0 Å². The van der Waals surface area contributed by atoms with E-state index in [9.17, 15) is 20.1 Å². The van der Waals surface area contributed by atoms with Gasteiger partial charge in [0.25, 0.3) is 0 Å². The second-order valence-electron chi connectivity index (χ2n) is 16.3. The summed E-state index contributed by atoms with van der Waals surface area (Å²) < 4.78 is 0. The lowest BCUT2D eigenvalue weighted by molar-refractivity contribution is -0.124. The highest BCUT2D eigenvalue weighted by molar-refractivity contribution is 5.76. The first-order valence-corrected chi connectivity index (χ1v) is 23.3. The molecule has 0 saturated carbocycles. The predicted molar refractivity (Wildman–Crippen MR) is 222 cm³/mol. The van der Waals surface area contributed by atoms with Crippen molar-refractivity contribution in [3.8, 4) is 0 Å². The molecule has 0 aliphatic heterocycles. The molecule has 0 aromatic carbocycles. The number of carbonyl (C=O) groups is 1. The second-order valence-corrected chi connectivity index (χ2v) is 16.3. The van der Waals surface area contributed by atoms with Crippen molar-refractivity contribution in [1.82, 2.24) is 5.32 Å². The van der Waals surface area contributed by atoms with Crippen LogP contribution in [0.25, 0.3) is 0 Å². The molecule has 0 saturated heterocycles. The van der Waals surface area contributed by atoms with Gasteiger partial charge >= 0.3 is 0 Å². The molecule has 0 fully saturated rings. The maximum Gasteiger partial charge on any atom is 0.220 e. The van der Waals surface area contributed by atoms with E-state index in [-0.39, 0.29) is 12.5 Å². The summed E-state index contributed by atoms with van der Waals surface area (Å²) in [5.74, 6) is -0.141. The Hall–Kier alpha value is -0.650. The van der Waals surface area contributed by atoms with Crippen molar-refractivity contribution in [3.05, 3.63) is 0 Å². The number of carbonyl (C=O) groups excluding carboxylic acids is 1. The molecule has 51 heavy (non-hydrogen) atoms. The molecule has 3 atom stereocenters. The molecule has 0 spiro atoms. The third-order valence-corrected chi connectivity index (χ3v) is 11.2. The number of unbranched alkanes of at least 4 members (excludes halogenated alkanes) is 35. The molecule has 5 heteroatoms. The minimum absolute atomic E-state index is 0.141. The number of aliphatic hydroxyl groups is 3. The topological polar surface area (TPSA) is 89.8 Å². The Morgan fingerprint density at radius 2 is 0.667 bits per heavy atom. The summed E-state index contributed by atoms with van der Waals surface area (Å²) in [6, 6.07) is -0.802. The minimum atomic E-state index is -1.13. The van der Waals surface area contributed by atoms with E-state index in [1.54, 1.807) is 0 Å². The van der Waals surface area contributed by atoms with Gasteiger partial charge in [0.05, 0.1) is 18.8 Å². The van der Waals surface area contributed by atoms with Gasteiger partial charge in [0.15, 0.2) is 0 Å². The van der Waals surface area contributed by atoms with Crippen LogP contribution in [0.1, 0.15) is 264 Å². The summed E-state index contributed by atoms with van der Waals surface area (Å²) in [7, 11) is 0. The average molecular weight is 724 g/mol. The van der Waals surface area contributed by atoms with Crippen LogP contribution in [-0.2, 0) is 4.79 Å². The molecule has 3 unspecified atom stereocenters. The third kappa shape index (κ3) is 37.5. The number of nitrogens with one attached hydrogen (secondary N) is 1. The van der Waals surface area contributed by atoms with E-state index in [0.717, 1.165) is 32.1 Å². The Kier molecular flexibility index (Phi) is 41.6. The SMILES string of the molecule is CCCCCCCCCCCCCCCCCCCCCCCCCCC(O)C(O)C(CO)NC(=O)CCCCCCCCCCCCCCC. The summed E-state index contributed by atoms with van der Waals surface area (Å²) in [5.41, 5.74) is 0. The Bertz CT molecular complexity index is 674. The number of hydrogen-bond donors (Lipinski definition) is 4. The van der Waals surface area contributed by atoms with Gasteiger partial charge in [0.2, 0.25) is 5.91 Å². The van der Waals surface area contributed by atoms with Gasteiger partial charge in [-0.25, -0.2) is 0 Å². The number of hydrogen-bond acceptors (Lipinski definition) is 4. The first kappa shape index (κ1) is 50.4. The van der Waals surface area contributed by atoms with Crippen LogP contribution in [0.3, 0.4) is 0 Å². The van der Waals surface area contributed by atoms with Crippen LogP contribution >= 0.6 is 0 Å². The van der Waals surface area contributed by atoms with Gasteiger partial charge in [-0.1, -0.05) is 245 Å². The quantitative estimate of drug-likeness (QED) is 0.0472. The van der Waals surface area contributed by atoms with E-state index in [4.69, 9.17) is 0 Å². The first-order valence-electron chi connectivity index (χ1n) is 23.3. The molecule has 0 aliphatic carbocycles. The van der Waals surface area contributed by atoms with Crippen LogP contribution < -0.4 is 5.32 Å². The number of amides is 1. The van der Waals surface area contributed by atoms with Crippen molar-refractivity contribution >= 4 is 5.91 Å². The normalized spacial score (nSPS) is 13.4. The zero-order valence-corrected chi connectivity index (χ0v) is 34.8. The Morgan fingerprint density at radius 1 is 0.412 bits per heavy atom. The summed E-state index contributed by atoms with van der Waals surface area (Å²) in [6.07, 6.45) is 47.9. The molecule has 0 aromatic heterocycles. The van der Waals surface area contributed by atoms with Gasteiger partial charge in [-0.3, -0.25) is 4.79 Å². The standard InChI is InChI=1S/C46H93NO4/c1-3-5-7-9-11-13-15-17-18-19-20-21-22-23-24-25-26-27-29-30-32-34-36-38-40-44(49)46(51)43(42-48)47-45(50)41-39-37-35-33-31-28-16-14-12-10-8-6-4-2/h43-44,46,48-49,51H,3-42H2,1-2H3,(H,47,50). The van der Waals surface area contributed by atoms with Crippen molar-refractivity contribution < 1.29 is 20.1 Å². The van der Waals surface area contributed by atoms with E-state index < -0.39 is 18.2 Å².